The lowest BCUT2D eigenvalue weighted by Gasteiger charge is -2.35. The molecule has 2 fully saturated rings. The van der Waals surface area contributed by atoms with Crippen LogP contribution in [-0.4, -0.2) is 65.2 Å². The molecule has 1 aromatic heterocycles. The first kappa shape index (κ1) is 19.0. The molecule has 1 atom stereocenters. The van der Waals surface area contributed by atoms with E-state index in [1.807, 2.05) is 0 Å². The quantitative estimate of drug-likeness (QED) is 0.789. The van der Waals surface area contributed by atoms with Crippen LogP contribution in [0.1, 0.15) is 16.9 Å². The molecule has 0 aliphatic carbocycles. The summed E-state index contributed by atoms with van der Waals surface area (Å²) in [6, 6.07) is 10.9. The highest BCUT2D eigenvalue weighted by atomic mass is 19.1. The summed E-state index contributed by atoms with van der Waals surface area (Å²) in [6.45, 7) is 2.01. The van der Waals surface area contributed by atoms with Crippen molar-refractivity contribution in [3.8, 4) is 0 Å². The molecule has 8 heteroatoms. The maximum Gasteiger partial charge on any atom is 0.272 e. The Kier molecular flexibility index (Phi) is 5.24. The van der Waals surface area contributed by atoms with Crippen LogP contribution in [0.4, 0.5) is 10.1 Å². The predicted octanol–water partition coefficient (Wildman–Crippen LogP) is 1.56. The molecular formula is C21H21FN4O3. The smallest absolute Gasteiger partial charge is 0.272 e. The van der Waals surface area contributed by atoms with Gasteiger partial charge in [-0.05, 0) is 36.4 Å². The molecule has 29 heavy (non-hydrogen) atoms. The van der Waals surface area contributed by atoms with Crippen LogP contribution in [0.25, 0.3) is 0 Å². The Hall–Kier alpha value is -3.29. The van der Waals surface area contributed by atoms with E-state index in [1.54, 1.807) is 46.3 Å². The molecule has 0 spiro atoms. The van der Waals surface area contributed by atoms with Gasteiger partial charge in [-0.1, -0.05) is 6.07 Å². The third-order valence-corrected chi connectivity index (χ3v) is 5.38. The molecule has 3 amide bonds. The number of nitrogens with zero attached hydrogens (tertiary/aromatic N) is 4. The number of amides is 3. The number of piperazine rings is 1. The predicted molar refractivity (Wildman–Crippen MR) is 104 cm³/mol. The maximum atomic E-state index is 13.1. The summed E-state index contributed by atoms with van der Waals surface area (Å²) >= 11 is 0. The van der Waals surface area contributed by atoms with Gasteiger partial charge in [0.15, 0.2) is 0 Å². The highest BCUT2D eigenvalue weighted by molar-refractivity contribution is 6.00. The van der Waals surface area contributed by atoms with E-state index in [4.69, 9.17) is 0 Å². The van der Waals surface area contributed by atoms with Gasteiger partial charge < -0.3 is 14.7 Å². The number of aromatic nitrogens is 1. The van der Waals surface area contributed by atoms with Crippen LogP contribution in [0.3, 0.4) is 0 Å². The SMILES string of the molecule is O=C(c1ccccn1)N1CCN(C(=O)C2CC(=O)N(c3ccc(F)cc3)C2)CC1. The molecule has 3 heterocycles. The molecule has 0 saturated carbocycles. The van der Waals surface area contributed by atoms with Crippen LogP contribution >= 0.6 is 0 Å². The minimum atomic E-state index is -0.425. The molecule has 0 bridgehead atoms. The zero-order chi connectivity index (χ0) is 20.4. The average Bonchev–Trinajstić information content (AvgIpc) is 3.15. The summed E-state index contributed by atoms with van der Waals surface area (Å²) in [5.41, 5.74) is 0.987. The Bertz CT molecular complexity index is 911. The molecule has 0 N–H and O–H groups in total. The zero-order valence-electron chi connectivity index (χ0n) is 15.8. The van der Waals surface area contributed by atoms with Crippen molar-refractivity contribution < 1.29 is 18.8 Å². The minimum absolute atomic E-state index is 0.0760. The van der Waals surface area contributed by atoms with Crippen LogP contribution in [0.2, 0.25) is 0 Å². The van der Waals surface area contributed by atoms with E-state index in [0.717, 1.165) is 0 Å². The van der Waals surface area contributed by atoms with Crippen LogP contribution in [-0.2, 0) is 9.59 Å². The van der Waals surface area contributed by atoms with Gasteiger partial charge >= 0.3 is 0 Å². The highest BCUT2D eigenvalue weighted by Gasteiger charge is 2.38. The zero-order valence-corrected chi connectivity index (χ0v) is 15.8. The van der Waals surface area contributed by atoms with Gasteiger partial charge in [0.1, 0.15) is 11.5 Å². The van der Waals surface area contributed by atoms with E-state index in [1.165, 1.54) is 17.0 Å². The van der Waals surface area contributed by atoms with Crippen molar-refractivity contribution in [1.29, 1.82) is 0 Å². The van der Waals surface area contributed by atoms with Gasteiger partial charge in [0.25, 0.3) is 5.91 Å². The van der Waals surface area contributed by atoms with Crippen LogP contribution in [0, 0.1) is 11.7 Å². The topological polar surface area (TPSA) is 73.8 Å². The average molecular weight is 396 g/mol. The largest absolute Gasteiger partial charge is 0.339 e. The fraction of sp³-hybridized carbons (Fsp3) is 0.333. The molecule has 1 aromatic carbocycles. The number of carbonyl (C=O) groups is 3. The first-order valence-corrected chi connectivity index (χ1v) is 9.58. The standard InChI is InChI=1S/C21H21FN4O3/c22-16-4-6-17(7-5-16)26-14-15(13-19(26)27)20(28)24-9-11-25(12-10-24)21(29)18-3-1-2-8-23-18/h1-8,15H,9-14H2. The number of hydrogen-bond acceptors (Lipinski definition) is 4. The van der Waals surface area contributed by atoms with Crippen molar-refractivity contribution in [1.82, 2.24) is 14.8 Å². The third-order valence-electron chi connectivity index (χ3n) is 5.38. The first-order valence-electron chi connectivity index (χ1n) is 9.58. The number of rotatable bonds is 3. The Morgan fingerprint density at radius 3 is 2.31 bits per heavy atom. The summed E-state index contributed by atoms with van der Waals surface area (Å²) in [5, 5.41) is 0. The number of pyridine rings is 1. The Balaban J connectivity index is 1.34. The molecule has 2 aromatic rings. The fourth-order valence-electron chi connectivity index (χ4n) is 3.78. The van der Waals surface area contributed by atoms with Crippen molar-refractivity contribution in [3.63, 3.8) is 0 Å². The van der Waals surface area contributed by atoms with E-state index in [9.17, 15) is 18.8 Å². The van der Waals surface area contributed by atoms with Crippen LogP contribution in [0.5, 0.6) is 0 Å². The van der Waals surface area contributed by atoms with Crippen molar-refractivity contribution in [2.45, 2.75) is 6.42 Å². The maximum absolute atomic E-state index is 13.1. The molecule has 150 valence electrons. The second-order valence-corrected chi connectivity index (χ2v) is 7.21. The van der Waals surface area contributed by atoms with Crippen molar-refractivity contribution >= 4 is 23.4 Å². The number of carbonyl (C=O) groups excluding carboxylic acids is 3. The summed E-state index contributed by atoms with van der Waals surface area (Å²) in [5.74, 6) is -1.15. The summed E-state index contributed by atoms with van der Waals surface area (Å²) in [4.78, 5) is 46.8. The second kappa shape index (κ2) is 7.98. The summed E-state index contributed by atoms with van der Waals surface area (Å²) in [7, 11) is 0. The van der Waals surface area contributed by atoms with Gasteiger partial charge in [0.2, 0.25) is 11.8 Å². The number of anilines is 1. The van der Waals surface area contributed by atoms with Gasteiger partial charge in [-0.2, -0.15) is 0 Å². The van der Waals surface area contributed by atoms with Crippen molar-refractivity contribution in [3.05, 3.63) is 60.2 Å². The lowest BCUT2D eigenvalue weighted by molar-refractivity contribution is -0.137. The van der Waals surface area contributed by atoms with E-state index in [-0.39, 0.29) is 36.5 Å². The Morgan fingerprint density at radius 1 is 0.966 bits per heavy atom. The van der Waals surface area contributed by atoms with E-state index in [0.29, 0.717) is 37.6 Å². The van der Waals surface area contributed by atoms with E-state index >= 15 is 0 Å². The number of hydrogen-bond donors (Lipinski definition) is 0. The monoisotopic (exact) mass is 396 g/mol. The summed E-state index contributed by atoms with van der Waals surface area (Å²) < 4.78 is 13.1. The Labute approximate surface area is 167 Å². The fourth-order valence-corrected chi connectivity index (χ4v) is 3.78. The van der Waals surface area contributed by atoms with Gasteiger partial charge in [-0.15, -0.1) is 0 Å². The molecule has 4 rings (SSSR count). The summed E-state index contributed by atoms with van der Waals surface area (Å²) in [6.07, 6.45) is 1.72. The molecule has 0 radical (unpaired) electrons. The van der Waals surface area contributed by atoms with Gasteiger partial charge in [-0.25, -0.2) is 4.39 Å². The molecule has 7 nitrogen and oxygen atoms in total. The third kappa shape index (κ3) is 3.96. The van der Waals surface area contributed by atoms with Crippen molar-refractivity contribution in [2.75, 3.05) is 37.6 Å². The van der Waals surface area contributed by atoms with Crippen LogP contribution < -0.4 is 4.90 Å². The number of halogens is 1. The molecule has 2 saturated heterocycles. The van der Waals surface area contributed by atoms with Gasteiger partial charge in [-0.3, -0.25) is 19.4 Å². The normalized spacial score (nSPS) is 19.6. The lowest BCUT2D eigenvalue weighted by atomic mass is 10.1. The first-order chi connectivity index (χ1) is 14.0. The molecule has 2 aliphatic heterocycles. The Morgan fingerprint density at radius 2 is 1.66 bits per heavy atom. The minimum Gasteiger partial charge on any atom is -0.339 e. The second-order valence-electron chi connectivity index (χ2n) is 7.21. The van der Waals surface area contributed by atoms with E-state index < -0.39 is 5.92 Å². The molecular weight excluding hydrogens is 375 g/mol. The van der Waals surface area contributed by atoms with Gasteiger partial charge in [0, 0.05) is 51.0 Å². The van der Waals surface area contributed by atoms with Crippen molar-refractivity contribution in [2.24, 2.45) is 5.92 Å². The molecule has 1 unspecified atom stereocenters. The van der Waals surface area contributed by atoms with Crippen LogP contribution in [0.15, 0.2) is 48.7 Å². The lowest BCUT2D eigenvalue weighted by Crippen LogP contribution is -2.52. The number of benzene rings is 1. The molecule has 2 aliphatic rings. The highest BCUT2D eigenvalue weighted by Crippen LogP contribution is 2.27. The van der Waals surface area contributed by atoms with Gasteiger partial charge in [0.05, 0.1) is 5.92 Å². The van der Waals surface area contributed by atoms with E-state index in [2.05, 4.69) is 4.98 Å².